The number of aromatic nitrogens is 1. The zero-order valence-electron chi connectivity index (χ0n) is 20.6. The van der Waals surface area contributed by atoms with Crippen LogP contribution in [0.25, 0.3) is 0 Å². The van der Waals surface area contributed by atoms with E-state index in [0.717, 1.165) is 66.4 Å². The van der Waals surface area contributed by atoms with Gasteiger partial charge in [-0.1, -0.05) is 33.1 Å². The molecule has 1 aromatic heterocycles. The van der Waals surface area contributed by atoms with Crippen LogP contribution in [0.3, 0.4) is 0 Å². The number of hydrogen-bond acceptors (Lipinski definition) is 8. The number of aryl methyl sites for hydroxylation is 1. The maximum atomic E-state index is 5.41. The molecule has 7 nitrogen and oxygen atoms in total. The van der Waals surface area contributed by atoms with E-state index in [-0.39, 0.29) is 0 Å². The highest BCUT2D eigenvalue weighted by Crippen LogP contribution is 2.27. The summed E-state index contributed by atoms with van der Waals surface area (Å²) < 4.78 is 9.93. The third-order valence-corrected chi connectivity index (χ3v) is 6.96. The molecule has 184 valence electrons. The van der Waals surface area contributed by atoms with E-state index in [9.17, 15) is 0 Å². The van der Waals surface area contributed by atoms with Crippen LogP contribution in [0.2, 0.25) is 0 Å². The van der Waals surface area contributed by atoms with Crippen molar-refractivity contribution in [3.63, 3.8) is 0 Å². The molecular weight excluding hydrogens is 456 g/mol. The molecule has 0 aliphatic carbocycles. The van der Waals surface area contributed by atoms with Crippen LogP contribution in [0.5, 0.6) is 0 Å². The molecule has 0 bridgehead atoms. The molecule has 4 rings (SSSR count). The maximum absolute atomic E-state index is 5.41. The second-order valence-corrected chi connectivity index (χ2v) is 9.73. The number of ether oxygens (including phenoxy) is 1. The standard InChI is InChI=1S/C27H34N6OS/c1-3-21(2)6-4-5-7-25-20-27(35-32-25)31-30-23-10-8-22(9-11-23)28-29-24-12-14-26(15-13-24)33-16-18-34-19-17-33/h8-15,20-21H,3-7,16-19H2,1-2H3. The van der Waals surface area contributed by atoms with E-state index < -0.39 is 0 Å². The third kappa shape index (κ3) is 8.04. The molecular formula is C27H34N6OS. The predicted octanol–water partition coefficient (Wildman–Crippen LogP) is 8.57. The molecule has 0 saturated carbocycles. The Morgan fingerprint density at radius 3 is 2.11 bits per heavy atom. The Bertz CT molecular complexity index is 1090. The zero-order chi connectivity index (χ0) is 24.3. The highest BCUT2D eigenvalue weighted by atomic mass is 32.1. The van der Waals surface area contributed by atoms with Crippen LogP contribution in [0, 0.1) is 5.92 Å². The van der Waals surface area contributed by atoms with Gasteiger partial charge in [0.2, 0.25) is 0 Å². The zero-order valence-corrected chi connectivity index (χ0v) is 21.5. The van der Waals surface area contributed by atoms with Gasteiger partial charge in [-0.05, 0) is 78.8 Å². The first kappa shape index (κ1) is 25.1. The number of azo groups is 2. The Morgan fingerprint density at radius 2 is 1.49 bits per heavy atom. The molecule has 1 atom stereocenters. The van der Waals surface area contributed by atoms with Gasteiger partial charge in [0.05, 0.1) is 36.0 Å². The van der Waals surface area contributed by atoms with Crippen LogP contribution < -0.4 is 4.90 Å². The van der Waals surface area contributed by atoms with Crippen LogP contribution >= 0.6 is 11.5 Å². The van der Waals surface area contributed by atoms with Crippen molar-refractivity contribution in [1.82, 2.24) is 4.37 Å². The molecule has 1 aliphatic rings. The van der Waals surface area contributed by atoms with Gasteiger partial charge in [0.25, 0.3) is 0 Å². The minimum Gasteiger partial charge on any atom is -0.378 e. The minimum absolute atomic E-state index is 0.777. The lowest BCUT2D eigenvalue weighted by atomic mass is 10.0. The van der Waals surface area contributed by atoms with Crippen molar-refractivity contribution in [2.45, 2.75) is 46.0 Å². The molecule has 1 unspecified atom stereocenters. The molecule has 0 N–H and O–H groups in total. The van der Waals surface area contributed by atoms with Crippen molar-refractivity contribution in [2.24, 2.45) is 26.4 Å². The smallest absolute Gasteiger partial charge is 0.159 e. The van der Waals surface area contributed by atoms with E-state index in [4.69, 9.17) is 4.74 Å². The second-order valence-electron chi connectivity index (χ2n) is 8.95. The number of unbranched alkanes of at least 4 members (excludes halogenated alkanes) is 1. The van der Waals surface area contributed by atoms with Gasteiger partial charge in [-0.15, -0.1) is 10.2 Å². The molecule has 1 aliphatic heterocycles. The molecule has 1 saturated heterocycles. The van der Waals surface area contributed by atoms with Crippen molar-refractivity contribution in [1.29, 1.82) is 0 Å². The summed E-state index contributed by atoms with van der Waals surface area (Å²) in [5.74, 6) is 0.815. The SMILES string of the molecule is CCC(C)CCCCc1cc(N=Nc2ccc(N=Nc3ccc(N4CCOCC4)cc3)cc2)sn1. The van der Waals surface area contributed by atoms with Gasteiger partial charge in [0.15, 0.2) is 5.00 Å². The number of morpholine rings is 1. The number of hydrogen-bond donors (Lipinski definition) is 0. The fourth-order valence-electron chi connectivity index (χ4n) is 3.83. The van der Waals surface area contributed by atoms with Gasteiger partial charge < -0.3 is 9.64 Å². The lowest BCUT2D eigenvalue weighted by Crippen LogP contribution is -2.36. The molecule has 35 heavy (non-hydrogen) atoms. The van der Waals surface area contributed by atoms with E-state index in [2.05, 4.69) is 55.7 Å². The summed E-state index contributed by atoms with van der Waals surface area (Å²) in [6.45, 7) is 7.98. The minimum atomic E-state index is 0.777. The Kier molecular flexibility index (Phi) is 9.48. The first-order valence-corrected chi connectivity index (χ1v) is 13.3. The van der Waals surface area contributed by atoms with E-state index in [1.54, 1.807) is 0 Å². The lowest BCUT2D eigenvalue weighted by Gasteiger charge is -2.28. The fourth-order valence-corrected chi connectivity index (χ4v) is 4.45. The molecule has 3 aromatic rings. The van der Waals surface area contributed by atoms with Crippen molar-refractivity contribution in [2.75, 3.05) is 31.2 Å². The van der Waals surface area contributed by atoms with Gasteiger partial charge in [-0.2, -0.15) is 14.6 Å². The summed E-state index contributed by atoms with van der Waals surface area (Å²) in [5, 5.41) is 18.2. The Morgan fingerprint density at radius 1 is 0.886 bits per heavy atom. The monoisotopic (exact) mass is 490 g/mol. The number of anilines is 1. The normalized spacial score (nSPS) is 15.3. The Hall–Kier alpha value is -2.97. The number of rotatable bonds is 11. The first-order chi connectivity index (χ1) is 17.2. The molecule has 0 spiro atoms. The molecule has 2 aromatic carbocycles. The Balaban J connectivity index is 1.25. The number of benzene rings is 2. The predicted molar refractivity (Wildman–Crippen MR) is 143 cm³/mol. The van der Waals surface area contributed by atoms with Gasteiger partial charge in [-0.25, -0.2) is 0 Å². The summed E-state index contributed by atoms with van der Waals surface area (Å²) in [5.41, 5.74) is 4.69. The first-order valence-electron chi connectivity index (χ1n) is 12.5. The van der Waals surface area contributed by atoms with Crippen LogP contribution in [0.4, 0.5) is 27.8 Å². The molecule has 0 amide bonds. The molecule has 2 heterocycles. The second kappa shape index (κ2) is 13.2. The van der Waals surface area contributed by atoms with Crippen LogP contribution in [0.15, 0.2) is 75.1 Å². The highest BCUT2D eigenvalue weighted by molar-refractivity contribution is 7.09. The van der Waals surface area contributed by atoms with E-state index in [1.807, 2.05) is 42.5 Å². The average molecular weight is 491 g/mol. The quantitative estimate of drug-likeness (QED) is 0.199. The molecule has 1 fully saturated rings. The van der Waals surface area contributed by atoms with Gasteiger partial charge in [0, 0.05) is 24.8 Å². The van der Waals surface area contributed by atoms with Gasteiger partial charge in [-0.3, -0.25) is 0 Å². The summed E-state index contributed by atoms with van der Waals surface area (Å²) in [6.07, 6.45) is 6.00. The Labute approximate surface area is 212 Å². The maximum Gasteiger partial charge on any atom is 0.159 e. The van der Waals surface area contributed by atoms with Crippen molar-refractivity contribution < 1.29 is 4.74 Å². The average Bonchev–Trinajstić information content (AvgIpc) is 3.37. The largest absolute Gasteiger partial charge is 0.378 e. The van der Waals surface area contributed by atoms with Crippen molar-refractivity contribution >= 4 is 39.3 Å². The van der Waals surface area contributed by atoms with Crippen LogP contribution in [0.1, 0.15) is 45.2 Å². The van der Waals surface area contributed by atoms with Crippen molar-refractivity contribution in [3.05, 3.63) is 60.3 Å². The van der Waals surface area contributed by atoms with Gasteiger partial charge >= 0.3 is 0 Å². The van der Waals surface area contributed by atoms with E-state index >= 15 is 0 Å². The molecule has 8 heteroatoms. The summed E-state index contributed by atoms with van der Waals surface area (Å²) >= 11 is 1.40. The van der Waals surface area contributed by atoms with Crippen molar-refractivity contribution in [3.8, 4) is 0 Å². The summed E-state index contributed by atoms with van der Waals surface area (Å²) in [4.78, 5) is 2.32. The summed E-state index contributed by atoms with van der Waals surface area (Å²) in [7, 11) is 0. The highest BCUT2D eigenvalue weighted by Gasteiger charge is 2.10. The van der Waals surface area contributed by atoms with E-state index in [1.165, 1.54) is 42.9 Å². The fraction of sp³-hybridized carbons (Fsp3) is 0.444. The lowest BCUT2D eigenvalue weighted by molar-refractivity contribution is 0.122. The number of nitrogens with zero attached hydrogens (tertiary/aromatic N) is 6. The van der Waals surface area contributed by atoms with Crippen LogP contribution in [-0.2, 0) is 11.2 Å². The van der Waals surface area contributed by atoms with E-state index in [0.29, 0.717) is 0 Å². The third-order valence-electron chi connectivity index (χ3n) is 6.24. The summed E-state index contributed by atoms with van der Waals surface area (Å²) in [6, 6.07) is 17.8. The molecule has 0 radical (unpaired) electrons. The topological polar surface area (TPSA) is 74.8 Å². The van der Waals surface area contributed by atoms with Gasteiger partial charge in [0.1, 0.15) is 0 Å². The van der Waals surface area contributed by atoms with Crippen LogP contribution in [-0.4, -0.2) is 30.7 Å².